The molecular formula is C16H20O2S. The molecular weight excluding hydrogens is 256 g/mol. The van der Waals surface area contributed by atoms with Crippen molar-refractivity contribution in [1.82, 2.24) is 0 Å². The molecule has 0 spiro atoms. The third-order valence-electron chi connectivity index (χ3n) is 2.97. The second kappa shape index (κ2) is 7.31. The van der Waals surface area contributed by atoms with Crippen molar-refractivity contribution < 1.29 is 9.84 Å². The van der Waals surface area contributed by atoms with Gasteiger partial charge in [0.25, 0.3) is 0 Å². The maximum atomic E-state index is 10.0. The monoisotopic (exact) mass is 276 g/mol. The molecule has 2 nitrogen and oxygen atoms in total. The average molecular weight is 276 g/mol. The standard InChI is InChI=1S/C16H20O2S/c1-2-11-18-14-8-5-13(6-9-14)7-10-15(17)16-4-3-12-19-16/h3-6,8-9,12,15,17H,2,7,10-11H2,1H3. The predicted octanol–water partition coefficient (Wildman–Crippen LogP) is 4.20. The van der Waals surface area contributed by atoms with Crippen molar-refractivity contribution >= 4 is 11.3 Å². The van der Waals surface area contributed by atoms with Crippen LogP contribution in [0, 0.1) is 0 Å². The molecule has 0 bridgehead atoms. The molecule has 0 saturated heterocycles. The number of thiophene rings is 1. The molecule has 19 heavy (non-hydrogen) atoms. The van der Waals surface area contributed by atoms with E-state index < -0.39 is 0 Å². The molecule has 0 saturated carbocycles. The van der Waals surface area contributed by atoms with E-state index in [-0.39, 0.29) is 6.10 Å². The van der Waals surface area contributed by atoms with Gasteiger partial charge in [0.05, 0.1) is 12.7 Å². The zero-order chi connectivity index (χ0) is 13.5. The molecule has 0 aliphatic heterocycles. The van der Waals surface area contributed by atoms with Crippen LogP contribution in [0.5, 0.6) is 5.75 Å². The fraction of sp³-hybridized carbons (Fsp3) is 0.375. The van der Waals surface area contributed by atoms with Gasteiger partial charge in [0, 0.05) is 4.88 Å². The number of aliphatic hydroxyl groups excluding tert-OH is 1. The highest BCUT2D eigenvalue weighted by Gasteiger charge is 2.08. The van der Waals surface area contributed by atoms with Crippen LogP contribution in [0.1, 0.15) is 36.3 Å². The second-order valence-corrected chi connectivity index (χ2v) is 5.54. The number of aryl methyl sites for hydroxylation is 1. The lowest BCUT2D eigenvalue weighted by Crippen LogP contribution is -1.98. The van der Waals surface area contributed by atoms with Crippen molar-refractivity contribution in [1.29, 1.82) is 0 Å². The van der Waals surface area contributed by atoms with E-state index in [1.54, 1.807) is 11.3 Å². The van der Waals surface area contributed by atoms with Crippen LogP contribution in [-0.2, 0) is 6.42 Å². The van der Waals surface area contributed by atoms with E-state index in [9.17, 15) is 5.11 Å². The zero-order valence-corrected chi connectivity index (χ0v) is 12.0. The van der Waals surface area contributed by atoms with Crippen LogP contribution < -0.4 is 4.74 Å². The summed E-state index contributed by atoms with van der Waals surface area (Å²) in [7, 11) is 0. The molecule has 1 heterocycles. The Bertz CT molecular complexity index is 462. The maximum absolute atomic E-state index is 10.0. The summed E-state index contributed by atoms with van der Waals surface area (Å²) in [4.78, 5) is 1.04. The number of hydrogen-bond donors (Lipinski definition) is 1. The minimum absolute atomic E-state index is 0.351. The fourth-order valence-electron chi connectivity index (χ4n) is 1.90. The molecule has 1 N–H and O–H groups in total. The van der Waals surface area contributed by atoms with Crippen molar-refractivity contribution in [3.05, 3.63) is 52.2 Å². The number of rotatable bonds is 7. The molecule has 0 radical (unpaired) electrons. The van der Waals surface area contributed by atoms with Gasteiger partial charge in [0.1, 0.15) is 5.75 Å². The van der Waals surface area contributed by atoms with Crippen LogP contribution in [0.4, 0.5) is 0 Å². The molecule has 1 atom stereocenters. The van der Waals surface area contributed by atoms with Crippen molar-refractivity contribution in [3.8, 4) is 5.75 Å². The Kier molecular flexibility index (Phi) is 5.43. The molecule has 1 aromatic carbocycles. The van der Waals surface area contributed by atoms with Gasteiger partial charge in [0.15, 0.2) is 0 Å². The summed E-state index contributed by atoms with van der Waals surface area (Å²) in [6.07, 6.45) is 2.31. The molecule has 0 amide bonds. The first-order chi connectivity index (χ1) is 9.29. The van der Waals surface area contributed by atoms with Crippen molar-refractivity contribution in [2.75, 3.05) is 6.61 Å². The number of benzene rings is 1. The third kappa shape index (κ3) is 4.37. The summed E-state index contributed by atoms with van der Waals surface area (Å²) >= 11 is 1.61. The lowest BCUT2D eigenvalue weighted by Gasteiger charge is -2.09. The van der Waals surface area contributed by atoms with Gasteiger partial charge in [-0.2, -0.15) is 0 Å². The Hall–Kier alpha value is -1.32. The average Bonchev–Trinajstić information content (AvgIpc) is 2.98. The highest BCUT2D eigenvalue weighted by molar-refractivity contribution is 7.10. The van der Waals surface area contributed by atoms with Gasteiger partial charge in [-0.05, 0) is 48.4 Å². The van der Waals surface area contributed by atoms with Crippen LogP contribution in [0.2, 0.25) is 0 Å². The topological polar surface area (TPSA) is 29.5 Å². The molecule has 2 rings (SSSR count). The Labute approximate surface area is 118 Å². The predicted molar refractivity (Wildman–Crippen MR) is 79.8 cm³/mol. The Morgan fingerprint density at radius 1 is 1.21 bits per heavy atom. The van der Waals surface area contributed by atoms with E-state index in [1.807, 2.05) is 29.6 Å². The third-order valence-corrected chi connectivity index (χ3v) is 3.95. The van der Waals surface area contributed by atoms with E-state index in [1.165, 1.54) is 5.56 Å². The fourth-order valence-corrected chi connectivity index (χ4v) is 2.65. The van der Waals surface area contributed by atoms with Gasteiger partial charge in [0.2, 0.25) is 0 Å². The molecule has 3 heteroatoms. The summed E-state index contributed by atoms with van der Waals surface area (Å²) in [6, 6.07) is 12.1. The molecule has 0 aliphatic rings. The number of ether oxygens (including phenoxy) is 1. The van der Waals surface area contributed by atoms with Crippen LogP contribution in [0.15, 0.2) is 41.8 Å². The number of hydrogen-bond acceptors (Lipinski definition) is 3. The smallest absolute Gasteiger partial charge is 0.119 e. The Morgan fingerprint density at radius 3 is 2.63 bits per heavy atom. The minimum atomic E-state index is -0.351. The second-order valence-electron chi connectivity index (χ2n) is 4.56. The van der Waals surface area contributed by atoms with Gasteiger partial charge >= 0.3 is 0 Å². The molecule has 0 fully saturated rings. The maximum Gasteiger partial charge on any atom is 0.119 e. The quantitative estimate of drug-likeness (QED) is 0.821. The normalized spacial score (nSPS) is 12.3. The Balaban J connectivity index is 1.82. The molecule has 102 valence electrons. The Morgan fingerprint density at radius 2 is 2.00 bits per heavy atom. The molecule has 1 aromatic heterocycles. The largest absolute Gasteiger partial charge is 0.494 e. The first-order valence-electron chi connectivity index (χ1n) is 6.73. The SMILES string of the molecule is CCCOc1ccc(CCC(O)c2cccs2)cc1. The zero-order valence-electron chi connectivity index (χ0n) is 11.2. The van der Waals surface area contributed by atoms with Gasteiger partial charge in [-0.1, -0.05) is 25.1 Å². The van der Waals surface area contributed by atoms with Crippen LogP contribution in [0.3, 0.4) is 0 Å². The minimum Gasteiger partial charge on any atom is -0.494 e. The summed E-state index contributed by atoms with van der Waals surface area (Å²) < 4.78 is 5.55. The van der Waals surface area contributed by atoms with Crippen molar-refractivity contribution in [2.24, 2.45) is 0 Å². The summed E-state index contributed by atoms with van der Waals surface area (Å²) in [5.74, 6) is 0.921. The van der Waals surface area contributed by atoms with Crippen LogP contribution in [-0.4, -0.2) is 11.7 Å². The number of aliphatic hydroxyl groups is 1. The van der Waals surface area contributed by atoms with Crippen molar-refractivity contribution in [3.63, 3.8) is 0 Å². The highest BCUT2D eigenvalue weighted by Crippen LogP contribution is 2.23. The first kappa shape index (κ1) is 14.1. The van der Waals surface area contributed by atoms with E-state index in [0.717, 1.165) is 36.5 Å². The molecule has 1 unspecified atom stereocenters. The summed E-state index contributed by atoms with van der Waals surface area (Å²) in [5, 5.41) is 12.0. The van der Waals surface area contributed by atoms with Gasteiger partial charge in [-0.3, -0.25) is 0 Å². The van der Waals surface area contributed by atoms with Crippen LogP contribution in [0.25, 0.3) is 0 Å². The highest BCUT2D eigenvalue weighted by atomic mass is 32.1. The van der Waals surface area contributed by atoms with Gasteiger partial charge in [-0.15, -0.1) is 11.3 Å². The van der Waals surface area contributed by atoms with E-state index in [4.69, 9.17) is 4.74 Å². The molecule has 0 aliphatic carbocycles. The van der Waals surface area contributed by atoms with E-state index in [2.05, 4.69) is 19.1 Å². The van der Waals surface area contributed by atoms with Gasteiger partial charge < -0.3 is 9.84 Å². The summed E-state index contributed by atoms with van der Waals surface area (Å²) in [6.45, 7) is 2.86. The lowest BCUT2D eigenvalue weighted by molar-refractivity contribution is 0.171. The van der Waals surface area contributed by atoms with E-state index >= 15 is 0 Å². The van der Waals surface area contributed by atoms with Gasteiger partial charge in [-0.25, -0.2) is 0 Å². The summed E-state index contributed by atoms with van der Waals surface area (Å²) in [5.41, 5.74) is 1.24. The van der Waals surface area contributed by atoms with Crippen molar-refractivity contribution in [2.45, 2.75) is 32.3 Å². The lowest BCUT2D eigenvalue weighted by atomic mass is 10.1. The molecule has 2 aromatic rings. The van der Waals surface area contributed by atoms with Crippen LogP contribution >= 0.6 is 11.3 Å². The first-order valence-corrected chi connectivity index (χ1v) is 7.60. The van der Waals surface area contributed by atoms with E-state index in [0.29, 0.717) is 0 Å².